The number of methoxy groups -OCH3 is 1. The first-order valence-corrected chi connectivity index (χ1v) is 7.85. The topological polar surface area (TPSA) is 38.6 Å². The van der Waals surface area contributed by atoms with Crippen molar-refractivity contribution in [1.29, 1.82) is 0 Å². The summed E-state index contributed by atoms with van der Waals surface area (Å²) in [5.41, 5.74) is 4.25. The number of aromatic nitrogens is 2. The number of aryl methyl sites for hydroxylation is 2. The largest absolute Gasteiger partial charge is 0.497 e. The van der Waals surface area contributed by atoms with Crippen LogP contribution in [-0.4, -0.2) is 16.5 Å². The average molecular weight is 322 g/mol. The van der Waals surface area contributed by atoms with Crippen LogP contribution < -0.4 is 10.1 Å². The molecular weight excluding hydrogens is 306 g/mol. The van der Waals surface area contributed by atoms with Crippen LogP contribution in [0.2, 0.25) is 5.02 Å². The first-order valence-electron chi connectivity index (χ1n) is 6.59. The molecular formula is C15H16ClN3OS. The fraction of sp³-hybridized carbons (Fsp3) is 0.267. The molecule has 3 rings (SSSR count). The normalized spacial score (nSPS) is 11.0. The lowest BCUT2D eigenvalue weighted by molar-refractivity contribution is 0.415. The number of rotatable bonds is 4. The quantitative estimate of drug-likeness (QED) is 0.779. The van der Waals surface area contributed by atoms with Crippen LogP contribution in [0.15, 0.2) is 23.6 Å². The van der Waals surface area contributed by atoms with Gasteiger partial charge in [-0.05, 0) is 26.0 Å². The van der Waals surface area contributed by atoms with E-state index in [0.717, 1.165) is 27.8 Å². The number of hydrogen-bond donors (Lipinski definition) is 1. The molecule has 0 saturated heterocycles. The summed E-state index contributed by atoms with van der Waals surface area (Å²) >= 11 is 7.88. The summed E-state index contributed by atoms with van der Waals surface area (Å²) < 4.78 is 7.41. The molecule has 0 saturated carbocycles. The molecule has 2 heterocycles. The molecule has 3 aromatic rings. The van der Waals surface area contributed by atoms with Crippen molar-refractivity contribution in [3.8, 4) is 5.75 Å². The summed E-state index contributed by atoms with van der Waals surface area (Å²) in [5.74, 6) is 0.781. The van der Waals surface area contributed by atoms with Gasteiger partial charge in [0.2, 0.25) is 0 Å². The predicted molar refractivity (Wildman–Crippen MR) is 87.9 cm³/mol. The average Bonchev–Trinajstić information content (AvgIpc) is 2.98. The molecule has 0 unspecified atom stereocenters. The third-order valence-corrected chi connectivity index (χ3v) is 4.72. The lowest BCUT2D eigenvalue weighted by Gasteiger charge is -2.10. The number of nitrogens with zero attached hydrogens (tertiary/aromatic N) is 2. The molecule has 0 atom stereocenters. The molecule has 0 spiro atoms. The van der Waals surface area contributed by atoms with Gasteiger partial charge in [0, 0.05) is 17.1 Å². The lowest BCUT2D eigenvalue weighted by atomic mass is 10.2. The van der Waals surface area contributed by atoms with Crippen molar-refractivity contribution in [2.75, 3.05) is 12.4 Å². The van der Waals surface area contributed by atoms with E-state index in [2.05, 4.69) is 27.0 Å². The third-order valence-electron chi connectivity index (χ3n) is 3.45. The summed E-state index contributed by atoms with van der Waals surface area (Å²) in [6.07, 6.45) is 0. The molecule has 21 heavy (non-hydrogen) atoms. The highest BCUT2D eigenvalue weighted by Gasteiger charge is 2.12. The highest BCUT2D eigenvalue weighted by atomic mass is 35.5. The summed E-state index contributed by atoms with van der Waals surface area (Å²) in [6.45, 7) is 4.79. The second-order valence-corrected chi connectivity index (χ2v) is 6.08. The first kappa shape index (κ1) is 14.2. The molecule has 1 N–H and O–H groups in total. The van der Waals surface area contributed by atoms with Gasteiger partial charge < -0.3 is 10.1 Å². The van der Waals surface area contributed by atoms with E-state index in [1.807, 2.05) is 25.1 Å². The van der Waals surface area contributed by atoms with Gasteiger partial charge in [0.05, 0.1) is 35.8 Å². The van der Waals surface area contributed by atoms with Crippen molar-refractivity contribution < 1.29 is 4.74 Å². The second-order valence-electron chi connectivity index (χ2n) is 4.84. The summed E-state index contributed by atoms with van der Waals surface area (Å²) in [4.78, 5) is 5.61. The Labute approximate surface area is 132 Å². The number of benzene rings is 1. The Hall–Kier alpha value is -1.72. The van der Waals surface area contributed by atoms with Crippen LogP contribution in [0, 0.1) is 13.8 Å². The number of fused-ring (bicyclic) bond motifs is 1. The van der Waals surface area contributed by atoms with Crippen LogP contribution in [0.25, 0.3) is 4.96 Å². The van der Waals surface area contributed by atoms with E-state index in [4.69, 9.17) is 16.3 Å². The molecule has 0 fully saturated rings. The molecule has 0 bridgehead atoms. The zero-order valence-corrected chi connectivity index (χ0v) is 13.7. The van der Waals surface area contributed by atoms with Gasteiger partial charge >= 0.3 is 0 Å². The Morgan fingerprint density at radius 1 is 1.38 bits per heavy atom. The Balaban J connectivity index is 1.90. The van der Waals surface area contributed by atoms with Crippen LogP contribution in [0.3, 0.4) is 0 Å². The van der Waals surface area contributed by atoms with E-state index in [0.29, 0.717) is 11.6 Å². The molecule has 4 nitrogen and oxygen atoms in total. The van der Waals surface area contributed by atoms with Crippen molar-refractivity contribution in [3.63, 3.8) is 0 Å². The molecule has 0 radical (unpaired) electrons. The van der Waals surface area contributed by atoms with Crippen LogP contribution in [0.1, 0.15) is 17.1 Å². The summed E-state index contributed by atoms with van der Waals surface area (Å²) in [7, 11) is 1.65. The Bertz CT molecular complexity index is 794. The Morgan fingerprint density at radius 3 is 2.95 bits per heavy atom. The van der Waals surface area contributed by atoms with Gasteiger partial charge in [-0.25, -0.2) is 4.98 Å². The zero-order chi connectivity index (χ0) is 15.0. The van der Waals surface area contributed by atoms with Crippen LogP contribution in [-0.2, 0) is 6.54 Å². The molecule has 6 heteroatoms. The predicted octanol–water partition coefficient (Wildman–Crippen LogP) is 4.29. The Morgan fingerprint density at radius 2 is 2.19 bits per heavy atom. The molecule has 110 valence electrons. The second kappa shape index (κ2) is 5.58. The van der Waals surface area contributed by atoms with Gasteiger partial charge in [-0.2, -0.15) is 0 Å². The minimum atomic E-state index is 0.664. The third kappa shape index (κ3) is 2.59. The maximum atomic E-state index is 6.22. The van der Waals surface area contributed by atoms with E-state index in [1.165, 1.54) is 5.69 Å². The molecule has 0 aliphatic heterocycles. The van der Waals surface area contributed by atoms with E-state index in [-0.39, 0.29) is 0 Å². The smallest absolute Gasteiger partial charge is 0.194 e. The van der Waals surface area contributed by atoms with E-state index in [1.54, 1.807) is 18.4 Å². The highest BCUT2D eigenvalue weighted by Crippen LogP contribution is 2.28. The van der Waals surface area contributed by atoms with Gasteiger partial charge in [-0.3, -0.25) is 4.40 Å². The highest BCUT2D eigenvalue weighted by molar-refractivity contribution is 7.15. The number of hydrogen-bond acceptors (Lipinski definition) is 4. The van der Waals surface area contributed by atoms with Gasteiger partial charge in [-0.15, -0.1) is 11.3 Å². The molecule has 0 aliphatic rings. The monoisotopic (exact) mass is 321 g/mol. The minimum absolute atomic E-state index is 0.664. The van der Waals surface area contributed by atoms with Crippen LogP contribution in [0.4, 0.5) is 5.69 Å². The van der Waals surface area contributed by atoms with Gasteiger partial charge in [-0.1, -0.05) is 11.6 Å². The van der Waals surface area contributed by atoms with Crippen molar-refractivity contribution in [2.24, 2.45) is 0 Å². The number of anilines is 1. The SMILES string of the molecule is COc1ccc(Cl)c(NCc2c(C)nc3scc(C)n23)c1. The minimum Gasteiger partial charge on any atom is -0.497 e. The standard InChI is InChI=1S/C15H16ClN3OS/c1-9-8-21-15-18-10(2)14(19(9)15)7-17-13-6-11(20-3)4-5-12(13)16/h4-6,8,17H,7H2,1-3H3. The van der Waals surface area contributed by atoms with Gasteiger partial charge in [0.15, 0.2) is 4.96 Å². The van der Waals surface area contributed by atoms with Crippen molar-refractivity contribution in [2.45, 2.75) is 20.4 Å². The van der Waals surface area contributed by atoms with E-state index < -0.39 is 0 Å². The molecule has 0 aliphatic carbocycles. The zero-order valence-electron chi connectivity index (χ0n) is 12.1. The van der Waals surface area contributed by atoms with Crippen LogP contribution >= 0.6 is 22.9 Å². The Kier molecular flexibility index (Phi) is 3.78. The molecule has 2 aromatic heterocycles. The first-order chi connectivity index (χ1) is 10.1. The lowest BCUT2D eigenvalue weighted by Crippen LogP contribution is -2.05. The maximum Gasteiger partial charge on any atom is 0.194 e. The van der Waals surface area contributed by atoms with Gasteiger partial charge in [0.1, 0.15) is 5.75 Å². The number of halogens is 1. The van der Waals surface area contributed by atoms with Crippen molar-refractivity contribution in [3.05, 3.63) is 45.7 Å². The number of imidazole rings is 1. The maximum absolute atomic E-state index is 6.22. The number of nitrogens with one attached hydrogen (secondary N) is 1. The van der Waals surface area contributed by atoms with Crippen LogP contribution in [0.5, 0.6) is 5.75 Å². The van der Waals surface area contributed by atoms with Crippen molar-refractivity contribution >= 4 is 33.6 Å². The van der Waals surface area contributed by atoms with E-state index >= 15 is 0 Å². The summed E-state index contributed by atoms with van der Waals surface area (Å²) in [5, 5.41) is 6.16. The fourth-order valence-corrected chi connectivity index (χ4v) is 3.44. The fourth-order valence-electron chi connectivity index (χ4n) is 2.32. The van der Waals surface area contributed by atoms with Gasteiger partial charge in [0.25, 0.3) is 0 Å². The number of thiazole rings is 1. The number of ether oxygens (including phenoxy) is 1. The molecule has 1 aromatic carbocycles. The van der Waals surface area contributed by atoms with E-state index in [9.17, 15) is 0 Å². The molecule has 0 amide bonds. The summed E-state index contributed by atoms with van der Waals surface area (Å²) in [6, 6.07) is 5.58. The van der Waals surface area contributed by atoms with Crippen molar-refractivity contribution in [1.82, 2.24) is 9.38 Å².